The molecule has 112 valence electrons. The maximum absolute atomic E-state index is 11.3. The molecule has 0 saturated heterocycles. The maximum Gasteiger partial charge on any atom is 0.323 e. The maximum atomic E-state index is 11.3. The third-order valence-corrected chi connectivity index (χ3v) is 2.19. The first-order valence-corrected chi connectivity index (χ1v) is 6.66. The highest BCUT2D eigenvalue weighted by molar-refractivity contribution is 5.76. The zero-order valence-corrected chi connectivity index (χ0v) is 12.4. The number of hydrogen-bond acceptors (Lipinski definition) is 7. The van der Waals surface area contributed by atoms with Crippen LogP contribution in [-0.2, 0) is 4.79 Å². The van der Waals surface area contributed by atoms with E-state index in [1.165, 1.54) is 0 Å². The molecule has 0 unspecified atom stereocenters. The molecule has 0 fully saturated rings. The van der Waals surface area contributed by atoms with Gasteiger partial charge >= 0.3 is 6.01 Å². The van der Waals surface area contributed by atoms with Crippen molar-refractivity contribution in [2.45, 2.75) is 33.3 Å². The van der Waals surface area contributed by atoms with Crippen LogP contribution in [0.2, 0.25) is 0 Å². The Bertz CT molecular complexity index is 438. The molecule has 0 atom stereocenters. The zero-order valence-electron chi connectivity index (χ0n) is 12.4. The van der Waals surface area contributed by atoms with Gasteiger partial charge < -0.3 is 20.7 Å². The number of hydrogen-bond donors (Lipinski definition) is 3. The van der Waals surface area contributed by atoms with Crippen molar-refractivity contribution in [2.24, 2.45) is 0 Å². The van der Waals surface area contributed by atoms with Crippen LogP contribution in [0.25, 0.3) is 0 Å². The van der Waals surface area contributed by atoms with Gasteiger partial charge in [-0.2, -0.15) is 15.0 Å². The third-order valence-electron chi connectivity index (χ3n) is 2.19. The molecular formula is C12H22N6O2. The van der Waals surface area contributed by atoms with Gasteiger partial charge in [0.25, 0.3) is 0 Å². The summed E-state index contributed by atoms with van der Waals surface area (Å²) in [6.07, 6.45) is 0.333. The Hall–Kier alpha value is -2.12. The van der Waals surface area contributed by atoms with Gasteiger partial charge in [0, 0.05) is 26.6 Å². The predicted molar refractivity (Wildman–Crippen MR) is 76.9 cm³/mol. The molecule has 20 heavy (non-hydrogen) atoms. The average Bonchev–Trinajstić information content (AvgIpc) is 2.38. The van der Waals surface area contributed by atoms with Crippen molar-refractivity contribution in [1.29, 1.82) is 0 Å². The number of rotatable bonds is 8. The minimum Gasteiger partial charge on any atom is -0.461 e. The second kappa shape index (κ2) is 8.13. The number of nitrogens with one attached hydrogen (secondary N) is 3. The van der Waals surface area contributed by atoms with Crippen LogP contribution in [-0.4, -0.2) is 47.1 Å². The standard InChI is InChI=1S/C12H22N6O2/c1-5-14-9(19)6-7-15-11-16-10(13-4)17-12(18-11)20-8(2)3/h8H,5-7H2,1-4H3,(H,14,19)(H2,13,15,16,17,18). The molecule has 0 radical (unpaired) electrons. The number of carbonyl (C=O) groups is 1. The van der Waals surface area contributed by atoms with Gasteiger partial charge in [-0.1, -0.05) is 0 Å². The van der Waals surface area contributed by atoms with Gasteiger partial charge in [0.2, 0.25) is 17.8 Å². The Morgan fingerprint density at radius 3 is 2.55 bits per heavy atom. The number of amides is 1. The van der Waals surface area contributed by atoms with Crippen LogP contribution in [0.4, 0.5) is 11.9 Å². The molecule has 8 nitrogen and oxygen atoms in total. The van der Waals surface area contributed by atoms with Crippen molar-refractivity contribution < 1.29 is 9.53 Å². The van der Waals surface area contributed by atoms with E-state index in [-0.39, 0.29) is 18.0 Å². The van der Waals surface area contributed by atoms with Gasteiger partial charge in [-0.15, -0.1) is 0 Å². The number of carbonyl (C=O) groups excluding carboxylic acids is 1. The smallest absolute Gasteiger partial charge is 0.323 e. The van der Waals surface area contributed by atoms with Gasteiger partial charge in [-0.25, -0.2) is 0 Å². The quantitative estimate of drug-likeness (QED) is 0.643. The number of anilines is 2. The van der Waals surface area contributed by atoms with Crippen molar-refractivity contribution >= 4 is 17.8 Å². The van der Waals surface area contributed by atoms with Crippen molar-refractivity contribution in [2.75, 3.05) is 30.8 Å². The SMILES string of the molecule is CCNC(=O)CCNc1nc(NC)nc(OC(C)C)n1. The average molecular weight is 282 g/mol. The minimum absolute atomic E-state index is 0.0125. The summed E-state index contributed by atoms with van der Waals surface area (Å²) in [6.45, 7) is 6.74. The fourth-order valence-electron chi connectivity index (χ4n) is 1.38. The first-order valence-electron chi connectivity index (χ1n) is 6.66. The molecule has 1 heterocycles. The number of nitrogens with zero attached hydrogens (tertiary/aromatic N) is 3. The van der Waals surface area contributed by atoms with Crippen molar-refractivity contribution in [1.82, 2.24) is 20.3 Å². The summed E-state index contributed by atoms with van der Waals surface area (Å²) in [5.74, 6) is 0.780. The minimum atomic E-state index is -0.0229. The molecule has 0 aliphatic heterocycles. The summed E-state index contributed by atoms with van der Waals surface area (Å²) in [7, 11) is 1.72. The lowest BCUT2D eigenvalue weighted by Crippen LogP contribution is -2.25. The second-order valence-corrected chi connectivity index (χ2v) is 4.31. The van der Waals surface area contributed by atoms with E-state index in [1.807, 2.05) is 20.8 Å². The summed E-state index contributed by atoms with van der Waals surface area (Å²) < 4.78 is 5.44. The molecule has 1 amide bonds. The van der Waals surface area contributed by atoms with Gasteiger partial charge in [0.1, 0.15) is 0 Å². The largest absolute Gasteiger partial charge is 0.461 e. The molecule has 0 aliphatic carbocycles. The van der Waals surface area contributed by atoms with Crippen LogP contribution in [0.5, 0.6) is 6.01 Å². The lowest BCUT2D eigenvalue weighted by molar-refractivity contribution is -0.120. The normalized spacial score (nSPS) is 10.2. The Labute approximate surface area is 118 Å². The van der Waals surface area contributed by atoms with E-state index in [2.05, 4.69) is 30.9 Å². The highest BCUT2D eigenvalue weighted by atomic mass is 16.5. The van der Waals surface area contributed by atoms with Gasteiger partial charge in [-0.3, -0.25) is 4.79 Å². The Kier molecular flexibility index (Phi) is 6.48. The zero-order chi connectivity index (χ0) is 15.0. The van der Waals surface area contributed by atoms with E-state index in [0.29, 0.717) is 31.4 Å². The van der Waals surface area contributed by atoms with Crippen molar-refractivity contribution in [3.63, 3.8) is 0 Å². The van der Waals surface area contributed by atoms with E-state index in [9.17, 15) is 4.79 Å². The first kappa shape index (κ1) is 15.9. The van der Waals surface area contributed by atoms with Crippen LogP contribution in [0.3, 0.4) is 0 Å². The summed E-state index contributed by atoms with van der Waals surface area (Å²) >= 11 is 0. The highest BCUT2D eigenvalue weighted by Gasteiger charge is 2.08. The molecule has 0 aliphatic rings. The molecule has 3 N–H and O–H groups in total. The summed E-state index contributed by atoms with van der Waals surface area (Å²) in [4.78, 5) is 23.7. The van der Waals surface area contributed by atoms with Crippen LogP contribution in [0.1, 0.15) is 27.2 Å². The number of ether oxygens (including phenoxy) is 1. The molecule has 0 bridgehead atoms. The Morgan fingerprint density at radius 2 is 1.95 bits per heavy atom. The first-order chi connectivity index (χ1) is 9.55. The van der Waals surface area contributed by atoms with Gasteiger partial charge in [-0.05, 0) is 20.8 Å². The molecule has 8 heteroatoms. The van der Waals surface area contributed by atoms with Crippen molar-refractivity contribution in [3.05, 3.63) is 0 Å². The lowest BCUT2D eigenvalue weighted by atomic mass is 10.4. The third kappa shape index (κ3) is 5.68. The Balaban J connectivity index is 2.61. The van der Waals surface area contributed by atoms with Crippen LogP contribution >= 0.6 is 0 Å². The predicted octanol–water partition coefficient (Wildman–Crippen LogP) is 0.639. The van der Waals surface area contributed by atoms with Crippen LogP contribution < -0.4 is 20.7 Å². The summed E-state index contributed by atoms with van der Waals surface area (Å²) in [5, 5.41) is 8.54. The lowest BCUT2D eigenvalue weighted by Gasteiger charge is -2.11. The van der Waals surface area contributed by atoms with E-state index < -0.39 is 0 Å². The molecule has 0 aromatic carbocycles. The fourth-order valence-corrected chi connectivity index (χ4v) is 1.38. The highest BCUT2D eigenvalue weighted by Crippen LogP contribution is 2.12. The Morgan fingerprint density at radius 1 is 1.25 bits per heavy atom. The topological polar surface area (TPSA) is 101 Å². The molecular weight excluding hydrogens is 260 g/mol. The van der Waals surface area contributed by atoms with E-state index in [4.69, 9.17) is 4.74 Å². The molecule has 1 rings (SSSR count). The van der Waals surface area contributed by atoms with Crippen LogP contribution in [0, 0.1) is 0 Å². The monoisotopic (exact) mass is 282 g/mol. The van der Waals surface area contributed by atoms with Crippen LogP contribution in [0.15, 0.2) is 0 Å². The van der Waals surface area contributed by atoms with Crippen molar-refractivity contribution in [3.8, 4) is 6.01 Å². The molecule has 0 saturated carbocycles. The van der Waals surface area contributed by atoms with E-state index in [1.54, 1.807) is 7.05 Å². The molecule has 0 spiro atoms. The molecule has 1 aromatic rings. The summed E-state index contributed by atoms with van der Waals surface area (Å²) in [5.41, 5.74) is 0. The van der Waals surface area contributed by atoms with E-state index in [0.717, 1.165) is 0 Å². The molecule has 1 aromatic heterocycles. The van der Waals surface area contributed by atoms with E-state index >= 15 is 0 Å². The fraction of sp³-hybridized carbons (Fsp3) is 0.667. The van der Waals surface area contributed by atoms with Gasteiger partial charge in [0.05, 0.1) is 6.10 Å². The van der Waals surface area contributed by atoms with Gasteiger partial charge in [0.15, 0.2) is 0 Å². The number of aromatic nitrogens is 3. The summed E-state index contributed by atoms with van der Waals surface area (Å²) in [6, 6.07) is 0.250. The second-order valence-electron chi connectivity index (χ2n) is 4.31.